The average molecular weight is 252 g/mol. The molecule has 1 N–H and O–H groups in total. The minimum absolute atomic E-state index is 0.297. The van der Waals surface area contributed by atoms with Crippen LogP contribution in [0.1, 0.15) is 14.7 Å². The Hall–Kier alpha value is -1.40. The number of nitrogens with zero attached hydrogens (tertiary/aromatic N) is 1. The molecule has 3 heterocycles. The molecule has 0 aromatic carbocycles. The first-order chi connectivity index (χ1) is 7.69. The fourth-order valence-corrected chi connectivity index (χ4v) is 3.58. The van der Waals surface area contributed by atoms with Crippen LogP contribution in [0, 0.1) is 6.92 Å². The number of hydrogen-bond donors (Lipinski definition) is 1. The number of nitrogens with one attached hydrogen (secondary N) is 1. The van der Waals surface area contributed by atoms with E-state index in [9.17, 15) is 4.79 Å². The highest BCUT2D eigenvalue weighted by molar-refractivity contribution is 7.23. The van der Waals surface area contributed by atoms with Gasteiger partial charge in [0.1, 0.15) is 15.2 Å². The van der Waals surface area contributed by atoms with Gasteiger partial charge in [-0.2, -0.15) is 0 Å². The highest BCUT2D eigenvalue weighted by Crippen LogP contribution is 2.34. The number of aromatic nitrogens is 2. The highest BCUT2D eigenvalue weighted by atomic mass is 32.1. The molecular formula is C10H8N2O2S2. The van der Waals surface area contributed by atoms with Gasteiger partial charge in [-0.05, 0) is 13.0 Å². The van der Waals surface area contributed by atoms with Gasteiger partial charge >= 0.3 is 5.97 Å². The molecule has 0 unspecified atom stereocenters. The van der Waals surface area contributed by atoms with Gasteiger partial charge in [-0.25, -0.2) is 9.78 Å². The molecule has 0 saturated carbocycles. The Morgan fingerprint density at radius 1 is 1.50 bits per heavy atom. The van der Waals surface area contributed by atoms with Crippen molar-refractivity contribution in [3.05, 3.63) is 16.0 Å². The van der Waals surface area contributed by atoms with Gasteiger partial charge in [-0.1, -0.05) is 0 Å². The predicted octanol–water partition coefficient (Wildman–Crippen LogP) is 2.93. The predicted molar refractivity (Wildman–Crippen MR) is 65.4 cm³/mol. The summed E-state index contributed by atoms with van der Waals surface area (Å²) in [6, 6.07) is 1.82. The molecule has 0 bridgehead atoms. The maximum Gasteiger partial charge on any atom is 0.348 e. The number of H-pyrrole nitrogens is 1. The molecule has 3 aromatic rings. The third-order valence-electron chi connectivity index (χ3n) is 2.32. The number of methoxy groups -OCH3 is 1. The van der Waals surface area contributed by atoms with Crippen molar-refractivity contribution in [2.45, 2.75) is 6.92 Å². The van der Waals surface area contributed by atoms with Crippen molar-refractivity contribution in [3.63, 3.8) is 0 Å². The molecule has 3 rings (SSSR count). The van der Waals surface area contributed by atoms with Crippen LogP contribution in [0.2, 0.25) is 0 Å². The molecule has 16 heavy (non-hydrogen) atoms. The van der Waals surface area contributed by atoms with Crippen LogP contribution in [-0.4, -0.2) is 23.0 Å². The molecule has 0 aliphatic carbocycles. The van der Waals surface area contributed by atoms with Crippen molar-refractivity contribution in [3.8, 4) is 0 Å². The Labute approximate surface area is 98.9 Å². The van der Waals surface area contributed by atoms with Crippen LogP contribution < -0.4 is 0 Å². The van der Waals surface area contributed by atoms with Crippen molar-refractivity contribution in [2.24, 2.45) is 0 Å². The van der Waals surface area contributed by atoms with Crippen LogP contribution in [0.15, 0.2) is 6.07 Å². The van der Waals surface area contributed by atoms with E-state index >= 15 is 0 Å². The van der Waals surface area contributed by atoms with Gasteiger partial charge in [0, 0.05) is 0 Å². The third kappa shape index (κ3) is 1.27. The summed E-state index contributed by atoms with van der Waals surface area (Å²) in [6.45, 7) is 1.97. The fraction of sp³-hybridized carbons (Fsp3) is 0.200. The second-order valence-electron chi connectivity index (χ2n) is 3.38. The summed E-state index contributed by atoms with van der Waals surface area (Å²) in [5, 5.41) is 1.02. The lowest BCUT2D eigenvalue weighted by Gasteiger charge is -1.91. The third-order valence-corrected chi connectivity index (χ3v) is 4.32. The number of esters is 1. The summed E-state index contributed by atoms with van der Waals surface area (Å²) in [5.41, 5.74) is 1.91. The molecule has 0 amide bonds. The second-order valence-corrected chi connectivity index (χ2v) is 5.64. The second kappa shape index (κ2) is 3.29. The first kappa shape index (κ1) is 9.80. The van der Waals surface area contributed by atoms with Crippen molar-refractivity contribution in [1.29, 1.82) is 0 Å². The van der Waals surface area contributed by atoms with Gasteiger partial charge < -0.3 is 9.72 Å². The Morgan fingerprint density at radius 2 is 2.31 bits per heavy atom. The lowest BCUT2D eigenvalue weighted by molar-refractivity contribution is 0.0606. The minimum Gasteiger partial charge on any atom is -0.465 e. The molecule has 0 saturated heterocycles. The van der Waals surface area contributed by atoms with E-state index in [1.165, 1.54) is 18.4 Å². The van der Waals surface area contributed by atoms with Gasteiger partial charge in [0.15, 0.2) is 0 Å². The zero-order chi connectivity index (χ0) is 11.3. The standard InChI is InChI=1S/C10H8N2O2S2/c1-4-11-7-8-5(12-9(7)15-4)3-6(16-8)10(13)14-2/h3,12H,1-2H3. The number of carbonyl (C=O) groups is 1. The van der Waals surface area contributed by atoms with E-state index < -0.39 is 0 Å². The normalized spacial score (nSPS) is 11.4. The van der Waals surface area contributed by atoms with E-state index in [4.69, 9.17) is 4.74 Å². The van der Waals surface area contributed by atoms with Crippen LogP contribution in [0.25, 0.3) is 20.6 Å². The number of carbonyl (C=O) groups excluding carboxylic acids is 1. The molecule has 0 aliphatic rings. The number of thiazole rings is 1. The molecule has 0 fully saturated rings. The van der Waals surface area contributed by atoms with Crippen molar-refractivity contribution < 1.29 is 9.53 Å². The smallest absolute Gasteiger partial charge is 0.348 e. The Morgan fingerprint density at radius 3 is 3.06 bits per heavy atom. The largest absolute Gasteiger partial charge is 0.465 e. The molecule has 4 nitrogen and oxygen atoms in total. The van der Waals surface area contributed by atoms with Gasteiger partial charge in [-0.3, -0.25) is 0 Å². The zero-order valence-corrected chi connectivity index (χ0v) is 10.3. The van der Waals surface area contributed by atoms with Crippen molar-refractivity contribution in [1.82, 2.24) is 9.97 Å². The van der Waals surface area contributed by atoms with Gasteiger partial charge in [-0.15, -0.1) is 22.7 Å². The molecule has 0 radical (unpaired) electrons. The Kier molecular flexibility index (Phi) is 2.02. The van der Waals surface area contributed by atoms with Crippen LogP contribution in [0.5, 0.6) is 0 Å². The van der Waals surface area contributed by atoms with Crippen LogP contribution in [-0.2, 0) is 4.74 Å². The fourth-order valence-electron chi connectivity index (χ4n) is 1.65. The number of thiophene rings is 1. The van der Waals surface area contributed by atoms with E-state index in [2.05, 4.69) is 9.97 Å². The topological polar surface area (TPSA) is 55.0 Å². The monoisotopic (exact) mass is 252 g/mol. The van der Waals surface area contributed by atoms with Gasteiger partial charge in [0.2, 0.25) is 0 Å². The van der Waals surface area contributed by atoms with E-state index in [0.717, 1.165) is 25.6 Å². The van der Waals surface area contributed by atoms with E-state index in [1.54, 1.807) is 11.3 Å². The first-order valence-corrected chi connectivity index (χ1v) is 6.29. The van der Waals surface area contributed by atoms with Gasteiger partial charge in [0.25, 0.3) is 0 Å². The minimum atomic E-state index is -0.297. The number of aryl methyl sites for hydroxylation is 1. The molecular weight excluding hydrogens is 244 g/mol. The summed E-state index contributed by atoms with van der Waals surface area (Å²) in [5.74, 6) is -0.297. The van der Waals surface area contributed by atoms with Gasteiger partial charge in [0.05, 0.1) is 22.3 Å². The van der Waals surface area contributed by atoms with E-state index in [-0.39, 0.29) is 5.97 Å². The summed E-state index contributed by atoms with van der Waals surface area (Å²) in [7, 11) is 1.39. The Balaban J connectivity index is 2.28. The zero-order valence-electron chi connectivity index (χ0n) is 8.66. The molecule has 0 atom stereocenters. The van der Waals surface area contributed by atoms with Crippen LogP contribution in [0.4, 0.5) is 0 Å². The molecule has 0 spiro atoms. The SMILES string of the molecule is COC(=O)c1cc2[nH]c3sc(C)nc3c2s1. The molecule has 82 valence electrons. The maximum absolute atomic E-state index is 11.4. The van der Waals surface area contributed by atoms with E-state index in [0.29, 0.717) is 4.88 Å². The molecule has 6 heteroatoms. The summed E-state index contributed by atoms with van der Waals surface area (Å²) < 4.78 is 5.72. The number of ether oxygens (including phenoxy) is 1. The van der Waals surface area contributed by atoms with Crippen LogP contribution in [0.3, 0.4) is 0 Å². The number of rotatable bonds is 1. The average Bonchev–Trinajstić information content (AvgIpc) is 2.86. The van der Waals surface area contributed by atoms with Crippen LogP contribution >= 0.6 is 22.7 Å². The number of fused-ring (bicyclic) bond motifs is 3. The quantitative estimate of drug-likeness (QED) is 0.677. The summed E-state index contributed by atoms with van der Waals surface area (Å²) >= 11 is 3.04. The summed E-state index contributed by atoms with van der Waals surface area (Å²) in [6.07, 6.45) is 0. The lowest BCUT2D eigenvalue weighted by atomic mass is 10.4. The molecule has 3 aromatic heterocycles. The van der Waals surface area contributed by atoms with Crippen molar-refractivity contribution in [2.75, 3.05) is 7.11 Å². The first-order valence-electron chi connectivity index (χ1n) is 4.66. The summed E-state index contributed by atoms with van der Waals surface area (Å²) in [4.78, 5) is 20.8. The highest BCUT2D eigenvalue weighted by Gasteiger charge is 2.16. The number of hydrogen-bond acceptors (Lipinski definition) is 5. The molecule has 0 aliphatic heterocycles. The number of aromatic amines is 1. The Bertz CT molecular complexity index is 692. The maximum atomic E-state index is 11.4. The van der Waals surface area contributed by atoms with Crippen molar-refractivity contribution >= 4 is 49.2 Å². The lowest BCUT2D eigenvalue weighted by Crippen LogP contribution is -1.96. The van der Waals surface area contributed by atoms with E-state index in [1.807, 2.05) is 13.0 Å².